The van der Waals surface area contributed by atoms with E-state index in [4.69, 9.17) is 5.11 Å². The third kappa shape index (κ3) is 5.52. The number of aromatic nitrogens is 3. The van der Waals surface area contributed by atoms with E-state index in [2.05, 4.69) is 20.3 Å². The van der Waals surface area contributed by atoms with E-state index in [1.807, 2.05) is 0 Å². The molecule has 0 spiro atoms. The monoisotopic (exact) mass is 478 g/mol. The molecule has 11 heteroatoms. The minimum atomic E-state index is -0.871. The number of nitrogens with zero attached hydrogens (tertiary/aromatic N) is 2. The molecule has 0 radical (unpaired) electrons. The molecule has 3 aromatic rings. The second-order valence-electron chi connectivity index (χ2n) is 7.29. The smallest absolute Gasteiger partial charge is 0.303 e. The maximum Gasteiger partial charge on any atom is 0.303 e. The van der Waals surface area contributed by atoms with E-state index in [-0.39, 0.29) is 17.9 Å². The molecule has 3 N–H and O–H groups in total. The molecule has 4 rings (SSSR count). The Hall–Kier alpha value is -2.24. The van der Waals surface area contributed by atoms with E-state index in [1.54, 1.807) is 28.5 Å². The van der Waals surface area contributed by atoms with Crippen LogP contribution in [0.15, 0.2) is 10.2 Å². The number of aliphatic carboxylic acids is 1. The van der Waals surface area contributed by atoms with Gasteiger partial charge in [0, 0.05) is 28.9 Å². The van der Waals surface area contributed by atoms with Crippen molar-refractivity contribution >= 4 is 61.7 Å². The third-order valence-corrected chi connectivity index (χ3v) is 7.94. The first-order valence-corrected chi connectivity index (χ1v) is 12.9. The van der Waals surface area contributed by atoms with Crippen LogP contribution in [-0.4, -0.2) is 37.7 Å². The van der Waals surface area contributed by atoms with Gasteiger partial charge in [-0.15, -0.1) is 22.7 Å². The Morgan fingerprint density at radius 1 is 1.23 bits per heavy atom. The molecular weight excluding hydrogens is 456 g/mol. The van der Waals surface area contributed by atoms with Gasteiger partial charge in [-0.25, -0.2) is 9.97 Å². The molecular formula is C20H22N4O4S3. The number of carbonyl (C=O) groups is 2. The van der Waals surface area contributed by atoms with Crippen LogP contribution in [0.2, 0.25) is 0 Å². The Labute approximate surface area is 190 Å². The SMILES string of the molecule is O=C(O)CCc1csc(NC(=O)CCSCc2nc3sc4c(c3c(=O)[nH]2)CCCC4)n1. The number of thiophene rings is 1. The zero-order chi connectivity index (χ0) is 21.8. The standard InChI is InChI=1S/C20H22N4O4S3/c25-15(24-20-21-11(9-30-20)5-6-16(26)27)7-8-29-10-14-22-18(28)17-12-3-1-2-4-13(12)31-19(17)23-14/h9H,1-8,10H2,(H,26,27)(H,21,24,25)(H,22,23,28). The number of H-pyrrole nitrogens is 1. The number of thiazole rings is 1. The summed E-state index contributed by atoms with van der Waals surface area (Å²) >= 11 is 4.47. The van der Waals surface area contributed by atoms with E-state index in [9.17, 15) is 14.4 Å². The Bertz CT molecular complexity index is 1170. The van der Waals surface area contributed by atoms with Gasteiger partial charge < -0.3 is 15.4 Å². The number of thioether (sulfide) groups is 1. The summed E-state index contributed by atoms with van der Waals surface area (Å²) in [5.74, 6) is 0.756. The molecule has 0 aliphatic heterocycles. The van der Waals surface area contributed by atoms with E-state index in [0.29, 0.717) is 41.0 Å². The van der Waals surface area contributed by atoms with Crippen molar-refractivity contribution in [1.82, 2.24) is 15.0 Å². The van der Waals surface area contributed by atoms with Crippen LogP contribution in [0.3, 0.4) is 0 Å². The molecule has 0 saturated heterocycles. The number of hydrogen-bond donors (Lipinski definition) is 3. The van der Waals surface area contributed by atoms with Gasteiger partial charge in [-0.1, -0.05) is 0 Å². The Morgan fingerprint density at radius 3 is 2.90 bits per heavy atom. The highest BCUT2D eigenvalue weighted by molar-refractivity contribution is 7.98. The van der Waals surface area contributed by atoms with Gasteiger partial charge in [-0.3, -0.25) is 14.4 Å². The van der Waals surface area contributed by atoms with Crippen LogP contribution in [-0.2, 0) is 34.6 Å². The Balaban J connectivity index is 1.26. The molecule has 1 amide bonds. The van der Waals surface area contributed by atoms with Crippen LogP contribution >= 0.6 is 34.4 Å². The first-order valence-electron chi connectivity index (χ1n) is 10.1. The molecule has 3 aromatic heterocycles. The van der Waals surface area contributed by atoms with Crippen molar-refractivity contribution in [2.75, 3.05) is 11.1 Å². The first-order chi connectivity index (χ1) is 15.0. The summed E-state index contributed by atoms with van der Waals surface area (Å²) in [6, 6.07) is 0. The van der Waals surface area contributed by atoms with Crippen LogP contribution in [0, 0.1) is 0 Å². The van der Waals surface area contributed by atoms with Crippen LogP contribution < -0.4 is 10.9 Å². The average molecular weight is 479 g/mol. The number of carbonyl (C=O) groups excluding carboxylic acids is 1. The first kappa shape index (κ1) is 22.0. The summed E-state index contributed by atoms with van der Waals surface area (Å²) in [6.45, 7) is 0. The second kappa shape index (κ2) is 9.92. The lowest BCUT2D eigenvalue weighted by molar-refractivity contribution is -0.137. The molecule has 164 valence electrons. The number of fused-ring (bicyclic) bond motifs is 3. The zero-order valence-electron chi connectivity index (χ0n) is 16.7. The Morgan fingerprint density at radius 2 is 2.06 bits per heavy atom. The maximum atomic E-state index is 12.6. The van der Waals surface area contributed by atoms with Crippen molar-refractivity contribution in [1.29, 1.82) is 0 Å². The number of carboxylic acids is 1. The van der Waals surface area contributed by atoms with E-state index in [1.165, 1.54) is 28.2 Å². The summed E-state index contributed by atoms with van der Waals surface area (Å²) in [7, 11) is 0. The maximum absolute atomic E-state index is 12.6. The predicted octanol–water partition coefficient (Wildman–Crippen LogP) is 3.60. The molecule has 1 aliphatic rings. The molecule has 31 heavy (non-hydrogen) atoms. The lowest BCUT2D eigenvalue weighted by Crippen LogP contribution is -2.13. The fourth-order valence-electron chi connectivity index (χ4n) is 3.51. The van der Waals surface area contributed by atoms with Gasteiger partial charge in [0.1, 0.15) is 10.7 Å². The number of rotatable bonds is 9. The topological polar surface area (TPSA) is 125 Å². The number of hydrogen-bond acceptors (Lipinski definition) is 8. The molecule has 0 aromatic carbocycles. The van der Waals surface area contributed by atoms with Gasteiger partial charge in [-0.2, -0.15) is 11.8 Å². The number of aryl methyl sites for hydroxylation is 3. The van der Waals surface area contributed by atoms with E-state index < -0.39 is 5.97 Å². The van der Waals surface area contributed by atoms with Gasteiger partial charge in [0.05, 0.1) is 23.3 Å². The summed E-state index contributed by atoms with van der Waals surface area (Å²) in [5.41, 5.74) is 1.79. The highest BCUT2D eigenvalue weighted by Crippen LogP contribution is 2.33. The zero-order valence-corrected chi connectivity index (χ0v) is 19.2. The molecule has 0 fully saturated rings. The Kier molecular flexibility index (Phi) is 7.03. The van der Waals surface area contributed by atoms with Crippen LogP contribution in [0.4, 0.5) is 5.13 Å². The fourth-order valence-corrected chi connectivity index (χ4v) is 6.35. The molecule has 0 unspecified atom stereocenters. The van der Waals surface area contributed by atoms with E-state index in [0.717, 1.165) is 29.5 Å². The number of nitrogens with one attached hydrogen (secondary N) is 2. The van der Waals surface area contributed by atoms with Gasteiger partial charge in [0.2, 0.25) is 5.91 Å². The van der Waals surface area contributed by atoms with Gasteiger partial charge >= 0.3 is 5.97 Å². The van der Waals surface area contributed by atoms with Gasteiger partial charge in [0.15, 0.2) is 5.13 Å². The number of carboxylic acid groups (broad SMARTS) is 1. The molecule has 8 nitrogen and oxygen atoms in total. The van der Waals surface area contributed by atoms with Crippen LogP contribution in [0.25, 0.3) is 10.2 Å². The van der Waals surface area contributed by atoms with Gasteiger partial charge in [-0.05, 0) is 31.2 Å². The average Bonchev–Trinajstić information content (AvgIpc) is 3.33. The van der Waals surface area contributed by atoms with Crippen molar-refractivity contribution in [3.63, 3.8) is 0 Å². The van der Waals surface area contributed by atoms with Crippen LogP contribution in [0.5, 0.6) is 0 Å². The number of aromatic amines is 1. The minimum absolute atomic E-state index is 0.0176. The normalized spacial score (nSPS) is 13.3. The van der Waals surface area contributed by atoms with Crippen molar-refractivity contribution in [2.45, 2.75) is 50.7 Å². The predicted molar refractivity (Wildman–Crippen MR) is 124 cm³/mol. The van der Waals surface area contributed by atoms with Crippen LogP contribution in [0.1, 0.15) is 47.6 Å². The lowest BCUT2D eigenvalue weighted by atomic mass is 9.97. The number of anilines is 1. The largest absolute Gasteiger partial charge is 0.481 e. The van der Waals surface area contributed by atoms with Crippen molar-refractivity contribution in [3.8, 4) is 0 Å². The third-order valence-electron chi connectivity index (χ3n) is 4.98. The summed E-state index contributed by atoms with van der Waals surface area (Å²) in [4.78, 5) is 49.2. The lowest BCUT2D eigenvalue weighted by Gasteiger charge is -2.09. The van der Waals surface area contributed by atoms with Crippen molar-refractivity contribution in [2.24, 2.45) is 0 Å². The minimum Gasteiger partial charge on any atom is -0.481 e. The van der Waals surface area contributed by atoms with Gasteiger partial charge in [0.25, 0.3) is 5.56 Å². The van der Waals surface area contributed by atoms with Crippen molar-refractivity contribution in [3.05, 3.63) is 37.7 Å². The molecule has 3 heterocycles. The molecule has 0 bridgehead atoms. The molecule has 1 aliphatic carbocycles. The summed E-state index contributed by atoms with van der Waals surface area (Å²) < 4.78 is 0. The summed E-state index contributed by atoms with van der Waals surface area (Å²) in [6.07, 6.45) is 4.98. The van der Waals surface area contributed by atoms with E-state index >= 15 is 0 Å². The number of amides is 1. The molecule has 0 saturated carbocycles. The summed E-state index contributed by atoms with van der Waals surface area (Å²) in [5, 5.41) is 14.5. The second-order valence-corrected chi connectivity index (χ2v) is 10.3. The highest BCUT2D eigenvalue weighted by atomic mass is 32.2. The van der Waals surface area contributed by atoms with Crippen molar-refractivity contribution < 1.29 is 14.7 Å². The highest BCUT2D eigenvalue weighted by Gasteiger charge is 2.19. The quantitative estimate of drug-likeness (QED) is 0.401. The fraction of sp³-hybridized carbons (Fsp3) is 0.450. The molecule has 0 atom stereocenters.